The van der Waals surface area contributed by atoms with Gasteiger partial charge in [-0.15, -0.1) is 0 Å². The molecule has 0 fully saturated rings. The summed E-state index contributed by atoms with van der Waals surface area (Å²) in [5.74, 6) is -0.961. The summed E-state index contributed by atoms with van der Waals surface area (Å²) in [7, 11) is -3.83. The molecular formula is C13H17Cl2NO4S. The highest BCUT2D eigenvalue weighted by molar-refractivity contribution is 7.89. The molecule has 1 rings (SSSR count). The molecule has 0 amide bonds. The van der Waals surface area contributed by atoms with Gasteiger partial charge in [0, 0.05) is 24.0 Å². The van der Waals surface area contributed by atoms with Crippen LogP contribution in [0.2, 0.25) is 10.0 Å². The number of carbonyl (C=O) groups is 1. The van der Waals surface area contributed by atoms with Gasteiger partial charge in [0.2, 0.25) is 10.0 Å². The summed E-state index contributed by atoms with van der Waals surface area (Å²) >= 11 is 11.8. The smallest absolute Gasteiger partial charge is 0.303 e. The molecule has 1 N–H and O–H groups in total. The van der Waals surface area contributed by atoms with Gasteiger partial charge in [-0.1, -0.05) is 23.2 Å². The van der Waals surface area contributed by atoms with Crippen molar-refractivity contribution in [1.29, 1.82) is 0 Å². The Kier molecular flexibility index (Phi) is 6.46. The van der Waals surface area contributed by atoms with Crippen LogP contribution < -0.4 is 0 Å². The molecule has 0 saturated carbocycles. The van der Waals surface area contributed by atoms with Gasteiger partial charge >= 0.3 is 5.97 Å². The maximum atomic E-state index is 12.7. The third-order valence-electron chi connectivity index (χ3n) is 2.82. The van der Waals surface area contributed by atoms with E-state index in [2.05, 4.69) is 0 Å². The molecule has 0 aromatic heterocycles. The van der Waals surface area contributed by atoms with E-state index in [0.29, 0.717) is 0 Å². The van der Waals surface area contributed by atoms with Crippen molar-refractivity contribution < 1.29 is 18.3 Å². The van der Waals surface area contributed by atoms with Gasteiger partial charge in [-0.05, 0) is 38.5 Å². The van der Waals surface area contributed by atoms with E-state index in [0.717, 1.165) is 0 Å². The summed E-state index contributed by atoms with van der Waals surface area (Å²) < 4.78 is 26.5. The molecule has 1 aromatic rings. The van der Waals surface area contributed by atoms with E-state index in [9.17, 15) is 13.2 Å². The number of benzene rings is 1. The highest BCUT2D eigenvalue weighted by atomic mass is 35.5. The van der Waals surface area contributed by atoms with Crippen LogP contribution in [0.5, 0.6) is 0 Å². The molecule has 8 heteroatoms. The zero-order valence-electron chi connectivity index (χ0n) is 11.7. The minimum absolute atomic E-state index is 0.0688. The summed E-state index contributed by atoms with van der Waals surface area (Å²) in [6.45, 7) is 3.54. The number of hydrogen-bond acceptors (Lipinski definition) is 3. The van der Waals surface area contributed by atoms with E-state index in [-0.39, 0.29) is 40.4 Å². The molecular weight excluding hydrogens is 337 g/mol. The number of carboxylic acid groups (broad SMARTS) is 1. The number of rotatable bonds is 7. The number of aliphatic carboxylic acids is 1. The van der Waals surface area contributed by atoms with Crippen LogP contribution in [0.4, 0.5) is 0 Å². The first-order valence-electron chi connectivity index (χ1n) is 6.35. The fourth-order valence-electron chi connectivity index (χ4n) is 1.84. The van der Waals surface area contributed by atoms with Crippen molar-refractivity contribution in [3.05, 3.63) is 28.2 Å². The zero-order chi connectivity index (χ0) is 16.2. The topological polar surface area (TPSA) is 74.7 Å². The average molecular weight is 354 g/mol. The molecule has 0 spiro atoms. The van der Waals surface area contributed by atoms with Gasteiger partial charge in [0.05, 0.1) is 5.02 Å². The molecule has 0 unspecified atom stereocenters. The maximum Gasteiger partial charge on any atom is 0.303 e. The number of halogens is 2. The lowest BCUT2D eigenvalue weighted by Crippen LogP contribution is -2.38. The standard InChI is InChI=1S/C13H17Cl2NO4S/c1-9(2)16(7-3-4-13(17)18)21(19,20)12-8-10(14)5-6-11(12)15/h5-6,8-9H,3-4,7H2,1-2H3,(H,17,18). The lowest BCUT2D eigenvalue weighted by molar-refractivity contribution is -0.137. The summed E-state index contributed by atoms with van der Waals surface area (Å²) in [5.41, 5.74) is 0. The van der Waals surface area contributed by atoms with Crippen molar-refractivity contribution in [3.63, 3.8) is 0 Å². The van der Waals surface area contributed by atoms with Crippen LogP contribution in [-0.4, -0.2) is 36.4 Å². The minimum Gasteiger partial charge on any atom is -0.481 e. The van der Waals surface area contributed by atoms with Crippen molar-refractivity contribution in [2.75, 3.05) is 6.54 Å². The fourth-order valence-corrected chi connectivity index (χ4v) is 4.26. The van der Waals surface area contributed by atoms with Gasteiger partial charge in [-0.3, -0.25) is 4.79 Å². The number of carboxylic acids is 1. The number of sulfonamides is 1. The highest BCUT2D eigenvalue weighted by Crippen LogP contribution is 2.28. The van der Waals surface area contributed by atoms with Crippen LogP contribution in [-0.2, 0) is 14.8 Å². The molecule has 0 bridgehead atoms. The van der Waals surface area contributed by atoms with Gasteiger partial charge in [0.15, 0.2) is 0 Å². The highest BCUT2D eigenvalue weighted by Gasteiger charge is 2.29. The predicted octanol–water partition coefficient (Wildman–Crippen LogP) is 3.26. The first-order valence-corrected chi connectivity index (χ1v) is 8.54. The Morgan fingerprint density at radius 1 is 1.33 bits per heavy atom. The SMILES string of the molecule is CC(C)N(CCCC(=O)O)S(=O)(=O)c1cc(Cl)ccc1Cl. The molecule has 0 heterocycles. The van der Waals surface area contributed by atoms with Crippen LogP contribution in [0.1, 0.15) is 26.7 Å². The van der Waals surface area contributed by atoms with Crippen molar-refractivity contribution in [2.24, 2.45) is 0 Å². The second-order valence-electron chi connectivity index (χ2n) is 4.78. The lowest BCUT2D eigenvalue weighted by Gasteiger charge is -2.26. The van der Waals surface area contributed by atoms with Crippen LogP contribution in [0, 0.1) is 0 Å². The van der Waals surface area contributed by atoms with Crippen LogP contribution in [0.3, 0.4) is 0 Å². The van der Waals surface area contributed by atoms with Gasteiger partial charge < -0.3 is 5.11 Å². The van der Waals surface area contributed by atoms with Crippen LogP contribution in [0.25, 0.3) is 0 Å². The van der Waals surface area contributed by atoms with E-state index in [1.807, 2.05) is 0 Å². The van der Waals surface area contributed by atoms with E-state index in [1.54, 1.807) is 13.8 Å². The monoisotopic (exact) mass is 353 g/mol. The van der Waals surface area contributed by atoms with Gasteiger partial charge in [0.25, 0.3) is 0 Å². The first-order chi connectivity index (χ1) is 9.66. The largest absolute Gasteiger partial charge is 0.481 e. The predicted molar refractivity (Wildman–Crippen MR) is 82.4 cm³/mol. The quantitative estimate of drug-likeness (QED) is 0.816. The molecule has 118 valence electrons. The van der Waals surface area contributed by atoms with Gasteiger partial charge in [-0.2, -0.15) is 4.31 Å². The molecule has 0 aliphatic heterocycles. The Bertz CT molecular complexity index is 617. The number of hydrogen-bond donors (Lipinski definition) is 1. The molecule has 0 saturated heterocycles. The van der Waals surface area contributed by atoms with Crippen LogP contribution in [0.15, 0.2) is 23.1 Å². The Hall–Kier alpha value is -0.820. The Balaban J connectivity index is 3.10. The van der Waals surface area contributed by atoms with Crippen molar-refractivity contribution in [2.45, 2.75) is 37.6 Å². The molecule has 1 aromatic carbocycles. The molecule has 0 aliphatic rings. The molecule has 0 atom stereocenters. The maximum absolute atomic E-state index is 12.7. The van der Waals surface area contributed by atoms with Gasteiger partial charge in [0.1, 0.15) is 4.90 Å². The third kappa shape index (κ3) is 4.85. The Labute approximate surface area is 134 Å². The average Bonchev–Trinajstić information content (AvgIpc) is 2.36. The second-order valence-corrected chi connectivity index (χ2v) is 7.48. The Morgan fingerprint density at radius 2 is 1.95 bits per heavy atom. The van der Waals surface area contributed by atoms with Crippen molar-refractivity contribution in [3.8, 4) is 0 Å². The second kappa shape index (κ2) is 7.45. The summed E-state index contributed by atoms with van der Waals surface area (Å²) in [6.07, 6.45) is 0.132. The van der Waals surface area contributed by atoms with Crippen LogP contribution >= 0.6 is 23.2 Å². The zero-order valence-corrected chi connectivity index (χ0v) is 14.0. The normalized spacial score (nSPS) is 12.1. The molecule has 0 aliphatic carbocycles. The van der Waals surface area contributed by atoms with E-state index < -0.39 is 16.0 Å². The van der Waals surface area contributed by atoms with Crippen molar-refractivity contribution in [1.82, 2.24) is 4.31 Å². The van der Waals surface area contributed by atoms with E-state index in [1.165, 1.54) is 22.5 Å². The summed E-state index contributed by atoms with van der Waals surface area (Å²) in [4.78, 5) is 10.5. The molecule has 5 nitrogen and oxygen atoms in total. The molecule has 0 radical (unpaired) electrons. The fraction of sp³-hybridized carbons (Fsp3) is 0.462. The van der Waals surface area contributed by atoms with Gasteiger partial charge in [-0.25, -0.2) is 8.42 Å². The summed E-state index contributed by atoms with van der Waals surface area (Å²) in [6, 6.07) is 3.91. The number of nitrogens with zero attached hydrogens (tertiary/aromatic N) is 1. The minimum atomic E-state index is -3.83. The summed E-state index contributed by atoms with van der Waals surface area (Å²) in [5, 5.41) is 9.02. The van der Waals surface area contributed by atoms with E-state index >= 15 is 0 Å². The first kappa shape index (κ1) is 18.2. The van der Waals surface area contributed by atoms with E-state index in [4.69, 9.17) is 28.3 Å². The van der Waals surface area contributed by atoms with Crippen molar-refractivity contribution >= 4 is 39.2 Å². The lowest BCUT2D eigenvalue weighted by atomic mass is 10.3. The molecule has 21 heavy (non-hydrogen) atoms. The third-order valence-corrected chi connectivity index (χ3v) is 5.62. The Morgan fingerprint density at radius 3 is 2.48 bits per heavy atom.